The molecule has 4 rings (SSSR count). The Kier molecular flexibility index (Phi) is 6.49. The smallest absolute Gasteiger partial charge is 0.332 e. The molecule has 2 aromatic carbocycles. The number of nitrogens with one attached hydrogen (secondary N) is 2. The van der Waals surface area contributed by atoms with Gasteiger partial charge in [0.15, 0.2) is 11.2 Å². The number of carbonyl (C=O) groups excluding carboxylic acids is 2. The van der Waals surface area contributed by atoms with Gasteiger partial charge in [0, 0.05) is 19.8 Å². The molecule has 0 bridgehead atoms. The third-order valence-electron chi connectivity index (χ3n) is 5.40. The van der Waals surface area contributed by atoms with Crippen LogP contribution in [0.5, 0.6) is 5.75 Å². The van der Waals surface area contributed by atoms with E-state index < -0.39 is 23.1 Å². The minimum absolute atomic E-state index is 0.131. The zero-order valence-electron chi connectivity index (χ0n) is 19.4. The van der Waals surface area contributed by atoms with E-state index >= 15 is 0 Å². The number of carbonyl (C=O) groups is 2. The van der Waals surface area contributed by atoms with Crippen LogP contribution in [0.3, 0.4) is 0 Å². The molecule has 11 heteroatoms. The average Bonchev–Trinajstić information content (AvgIpc) is 3.26. The molecular weight excluding hydrogens is 452 g/mol. The molecule has 0 fully saturated rings. The summed E-state index contributed by atoms with van der Waals surface area (Å²) in [6.07, 6.45) is 1.33. The summed E-state index contributed by atoms with van der Waals surface area (Å²) in [5.41, 5.74) is 0.403. The maximum Gasteiger partial charge on any atom is 0.332 e. The van der Waals surface area contributed by atoms with Crippen LogP contribution in [0.2, 0.25) is 0 Å². The minimum Gasteiger partial charge on any atom is -0.494 e. The highest BCUT2D eigenvalue weighted by atomic mass is 16.5. The number of amides is 2. The summed E-state index contributed by atoms with van der Waals surface area (Å²) in [5, 5.41) is 5.52. The van der Waals surface area contributed by atoms with Gasteiger partial charge in [-0.2, -0.15) is 0 Å². The molecule has 11 nitrogen and oxygen atoms in total. The summed E-state index contributed by atoms with van der Waals surface area (Å²) in [6, 6.07) is 13.5. The summed E-state index contributed by atoms with van der Waals surface area (Å²) >= 11 is 0. The van der Waals surface area contributed by atoms with Crippen molar-refractivity contribution in [1.29, 1.82) is 0 Å². The summed E-state index contributed by atoms with van der Waals surface area (Å²) in [7, 11) is 2.86. The zero-order valence-corrected chi connectivity index (χ0v) is 19.4. The number of hydrogen-bond acceptors (Lipinski definition) is 6. The lowest BCUT2D eigenvalue weighted by Crippen LogP contribution is -2.37. The molecular formula is C24H24N6O5. The van der Waals surface area contributed by atoms with Gasteiger partial charge in [0.05, 0.1) is 24.2 Å². The summed E-state index contributed by atoms with van der Waals surface area (Å²) < 4.78 is 8.97. The Morgan fingerprint density at radius 1 is 0.971 bits per heavy atom. The van der Waals surface area contributed by atoms with Crippen LogP contribution in [0.4, 0.5) is 11.4 Å². The maximum absolute atomic E-state index is 12.9. The van der Waals surface area contributed by atoms with Crippen molar-refractivity contribution in [2.75, 3.05) is 17.2 Å². The van der Waals surface area contributed by atoms with Crippen molar-refractivity contribution in [1.82, 2.24) is 18.7 Å². The van der Waals surface area contributed by atoms with Crippen LogP contribution in [-0.4, -0.2) is 37.1 Å². The highest BCUT2D eigenvalue weighted by Gasteiger charge is 2.18. The van der Waals surface area contributed by atoms with Crippen molar-refractivity contribution in [3.8, 4) is 5.75 Å². The highest BCUT2D eigenvalue weighted by molar-refractivity contribution is 6.10. The van der Waals surface area contributed by atoms with Crippen LogP contribution in [0.15, 0.2) is 64.4 Å². The van der Waals surface area contributed by atoms with E-state index in [0.29, 0.717) is 23.7 Å². The second-order valence-electron chi connectivity index (χ2n) is 7.76. The predicted molar refractivity (Wildman–Crippen MR) is 131 cm³/mol. The fourth-order valence-electron chi connectivity index (χ4n) is 3.65. The maximum atomic E-state index is 12.9. The topological polar surface area (TPSA) is 129 Å². The Labute approximate surface area is 199 Å². The van der Waals surface area contributed by atoms with Gasteiger partial charge >= 0.3 is 5.69 Å². The van der Waals surface area contributed by atoms with Crippen molar-refractivity contribution >= 4 is 34.4 Å². The molecule has 2 amide bonds. The Bertz CT molecular complexity index is 1530. The quantitative estimate of drug-likeness (QED) is 0.418. The Hall–Kier alpha value is -4.67. The van der Waals surface area contributed by atoms with Crippen molar-refractivity contribution in [3.63, 3.8) is 0 Å². The van der Waals surface area contributed by atoms with E-state index in [4.69, 9.17) is 4.74 Å². The van der Waals surface area contributed by atoms with Crippen LogP contribution >= 0.6 is 0 Å². The van der Waals surface area contributed by atoms with Crippen molar-refractivity contribution in [3.05, 3.63) is 81.3 Å². The fraction of sp³-hybridized carbons (Fsp3) is 0.208. The fourth-order valence-corrected chi connectivity index (χ4v) is 3.65. The number of benzene rings is 2. The number of aryl methyl sites for hydroxylation is 1. The van der Waals surface area contributed by atoms with Gasteiger partial charge in [0.2, 0.25) is 5.91 Å². The van der Waals surface area contributed by atoms with E-state index in [1.807, 2.05) is 6.92 Å². The molecule has 2 aromatic heterocycles. The Balaban J connectivity index is 1.53. The molecule has 0 atom stereocenters. The molecule has 0 saturated heterocycles. The van der Waals surface area contributed by atoms with Gasteiger partial charge in [-0.3, -0.25) is 23.5 Å². The first-order chi connectivity index (χ1) is 16.8. The highest BCUT2D eigenvalue weighted by Crippen LogP contribution is 2.20. The molecule has 0 unspecified atom stereocenters. The van der Waals surface area contributed by atoms with E-state index in [2.05, 4.69) is 15.6 Å². The molecule has 2 N–H and O–H groups in total. The molecule has 2 heterocycles. The number of anilines is 2. The third kappa shape index (κ3) is 4.69. The molecule has 0 aliphatic rings. The first-order valence-corrected chi connectivity index (χ1v) is 10.8. The van der Waals surface area contributed by atoms with E-state index in [9.17, 15) is 19.2 Å². The molecule has 0 radical (unpaired) electrons. The Morgan fingerprint density at radius 3 is 2.40 bits per heavy atom. The van der Waals surface area contributed by atoms with E-state index in [1.165, 1.54) is 29.6 Å². The Morgan fingerprint density at radius 2 is 1.69 bits per heavy atom. The van der Waals surface area contributed by atoms with Gasteiger partial charge in [0.1, 0.15) is 12.3 Å². The van der Waals surface area contributed by atoms with E-state index in [0.717, 1.165) is 4.57 Å². The molecule has 0 aliphatic heterocycles. The van der Waals surface area contributed by atoms with Crippen molar-refractivity contribution < 1.29 is 14.3 Å². The first kappa shape index (κ1) is 23.5. The van der Waals surface area contributed by atoms with Gasteiger partial charge in [-0.1, -0.05) is 12.1 Å². The number of para-hydroxylation sites is 1. The number of hydrogen-bond donors (Lipinski definition) is 2. The van der Waals surface area contributed by atoms with Gasteiger partial charge in [-0.05, 0) is 43.3 Å². The number of fused-ring (bicyclic) bond motifs is 1. The van der Waals surface area contributed by atoms with Crippen molar-refractivity contribution in [2.45, 2.75) is 13.5 Å². The first-order valence-electron chi connectivity index (χ1n) is 10.8. The standard InChI is InChI=1S/C24H24N6O5/c1-4-35-16-11-9-15(10-12-16)26-22(32)17-7-5-6-8-18(17)27-19(31)13-30-14-25-21-20(30)23(33)29(3)24(34)28(21)2/h5-12,14H,4,13H2,1-3H3,(H,26,32)(H,27,31). The summed E-state index contributed by atoms with van der Waals surface area (Å²) in [4.78, 5) is 54.5. The lowest BCUT2D eigenvalue weighted by Gasteiger charge is -2.12. The minimum atomic E-state index is -0.552. The summed E-state index contributed by atoms with van der Waals surface area (Å²) in [6.45, 7) is 2.19. The molecule has 4 aromatic rings. The van der Waals surface area contributed by atoms with Gasteiger partial charge in [-0.25, -0.2) is 9.78 Å². The zero-order chi connectivity index (χ0) is 25.1. The number of ether oxygens (including phenoxy) is 1. The van der Waals surface area contributed by atoms with Gasteiger partial charge < -0.3 is 19.9 Å². The van der Waals surface area contributed by atoms with Crippen molar-refractivity contribution in [2.24, 2.45) is 14.1 Å². The molecule has 0 spiro atoms. The largest absolute Gasteiger partial charge is 0.494 e. The average molecular weight is 476 g/mol. The van der Waals surface area contributed by atoms with Crippen LogP contribution in [-0.2, 0) is 25.4 Å². The predicted octanol–water partition coefficient (Wildman–Crippen LogP) is 1.72. The lowest BCUT2D eigenvalue weighted by molar-refractivity contribution is -0.116. The summed E-state index contributed by atoms with van der Waals surface area (Å²) in [5.74, 6) is -0.177. The SMILES string of the molecule is CCOc1ccc(NC(=O)c2ccccc2NC(=O)Cn2cnc3c2c(=O)n(C)c(=O)n3C)cc1. The normalized spacial score (nSPS) is 10.8. The van der Waals surface area contributed by atoms with E-state index in [-0.39, 0.29) is 23.3 Å². The van der Waals surface area contributed by atoms with Crippen LogP contribution < -0.4 is 26.6 Å². The van der Waals surface area contributed by atoms with Gasteiger partial charge in [-0.15, -0.1) is 0 Å². The molecule has 180 valence electrons. The number of nitrogens with zero attached hydrogens (tertiary/aromatic N) is 4. The molecule has 0 saturated carbocycles. The number of imidazole rings is 1. The van der Waals surface area contributed by atoms with E-state index in [1.54, 1.807) is 48.5 Å². The van der Waals surface area contributed by atoms with Crippen LogP contribution in [0.25, 0.3) is 11.2 Å². The van der Waals surface area contributed by atoms with Crippen LogP contribution in [0, 0.1) is 0 Å². The second kappa shape index (κ2) is 9.67. The second-order valence-corrected chi connectivity index (χ2v) is 7.76. The number of rotatable bonds is 7. The number of aromatic nitrogens is 4. The molecule has 0 aliphatic carbocycles. The monoisotopic (exact) mass is 476 g/mol. The van der Waals surface area contributed by atoms with Gasteiger partial charge in [0.25, 0.3) is 11.5 Å². The third-order valence-corrected chi connectivity index (χ3v) is 5.40. The van der Waals surface area contributed by atoms with Crippen LogP contribution in [0.1, 0.15) is 17.3 Å². The lowest BCUT2D eigenvalue weighted by atomic mass is 10.1. The molecule has 35 heavy (non-hydrogen) atoms.